The fourth-order valence-corrected chi connectivity index (χ4v) is 3.52. The van der Waals surface area contributed by atoms with Crippen molar-refractivity contribution >= 4 is 11.8 Å². The Labute approximate surface area is 175 Å². The third-order valence-corrected chi connectivity index (χ3v) is 5.17. The zero-order valence-electron chi connectivity index (χ0n) is 16.8. The molecule has 2 N–H and O–H groups in total. The van der Waals surface area contributed by atoms with Crippen LogP contribution in [0.3, 0.4) is 0 Å². The SMILES string of the molecule is COc1ccc(-c2cc(C(=O)NC3CCCCNC3=O)n(-c3ccccc3)n2)cc1. The Morgan fingerprint density at radius 2 is 1.90 bits per heavy atom. The summed E-state index contributed by atoms with van der Waals surface area (Å²) in [6, 6.07) is 18.2. The van der Waals surface area contributed by atoms with Crippen LogP contribution in [0, 0.1) is 0 Å². The number of amides is 2. The summed E-state index contributed by atoms with van der Waals surface area (Å²) in [7, 11) is 1.62. The summed E-state index contributed by atoms with van der Waals surface area (Å²) in [4.78, 5) is 25.4. The molecule has 3 aromatic rings. The van der Waals surface area contributed by atoms with Gasteiger partial charge in [-0.3, -0.25) is 9.59 Å². The summed E-state index contributed by atoms with van der Waals surface area (Å²) in [6.45, 7) is 0.648. The van der Waals surface area contributed by atoms with E-state index in [1.165, 1.54) is 0 Å². The first-order valence-corrected chi connectivity index (χ1v) is 10.0. The van der Waals surface area contributed by atoms with Crippen molar-refractivity contribution in [1.29, 1.82) is 0 Å². The number of ether oxygens (including phenoxy) is 1. The number of para-hydroxylation sites is 1. The number of benzene rings is 2. The van der Waals surface area contributed by atoms with Crippen LogP contribution in [0.4, 0.5) is 0 Å². The van der Waals surface area contributed by atoms with E-state index in [1.807, 2.05) is 54.6 Å². The Hall–Kier alpha value is -3.61. The number of nitrogens with zero attached hydrogens (tertiary/aromatic N) is 2. The number of carbonyl (C=O) groups is 2. The Bertz CT molecular complexity index is 1030. The van der Waals surface area contributed by atoms with Gasteiger partial charge in [-0.05, 0) is 61.7 Å². The maximum Gasteiger partial charge on any atom is 0.270 e. The molecule has 30 heavy (non-hydrogen) atoms. The molecular formula is C23H24N4O3. The molecule has 2 heterocycles. The second-order valence-corrected chi connectivity index (χ2v) is 7.20. The molecule has 1 unspecified atom stereocenters. The zero-order valence-corrected chi connectivity index (χ0v) is 16.8. The van der Waals surface area contributed by atoms with Crippen molar-refractivity contribution in [1.82, 2.24) is 20.4 Å². The molecule has 2 amide bonds. The quantitative estimate of drug-likeness (QED) is 0.685. The lowest BCUT2D eigenvalue weighted by Gasteiger charge is -2.15. The van der Waals surface area contributed by atoms with Crippen molar-refractivity contribution in [3.8, 4) is 22.7 Å². The minimum Gasteiger partial charge on any atom is -0.497 e. The largest absolute Gasteiger partial charge is 0.497 e. The second kappa shape index (κ2) is 8.82. The molecule has 1 saturated heterocycles. The highest BCUT2D eigenvalue weighted by atomic mass is 16.5. The highest BCUT2D eigenvalue weighted by molar-refractivity contribution is 5.97. The number of methoxy groups -OCH3 is 1. The van der Waals surface area contributed by atoms with Crippen molar-refractivity contribution in [2.75, 3.05) is 13.7 Å². The van der Waals surface area contributed by atoms with Crippen molar-refractivity contribution in [3.05, 3.63) is 66.4 Å². The average Bonchev–Trinajstić information content (AvgIpc) is 3.14. The molecule has 1 aliphatic heterocycles. The standard InChI is InChI=1S/C23H24N4O3/c1-30-18-12-10-16(11-13-18)20-15-21(27(26-20)17-7-3-2-4-8-17)23(29)25-19-9-5-6-14-24-22(19)28/h2-4,7-8,10-13,15,19H,5-6,9,14H2,1H3,(H,24,28)(H,25,29). The van der Waals surface area contributed by atoms with Gasteiger partial charge in [-0.1, -0.05) is 18.2 Å². The molecule has 0 radical (unpaired) electrons. The van der Waals surface area contributed by atoms with E-state index < -0.39 is 6.04 Å². The Balaban J connectivity index is 1.68. The molecule has 1 fully saturated rings. The molecule has 0 saturated carbocycles. The van der Waals surface area contributed by atoms with Crippen molar-refractivity contribution in [2.45, 2.75) is 25.3 Å². The molecule has 7 heteroatoms. The predicted molar refractivity (Wildman–Crippen MR) is 114 cm³/mol. The van der Waals surface area contributed by atoms with Gasteiger partial charge in [0.15, 0.2) is 0 Å². The van der Waals surface area contributed by atoms with Crippen LogP contribution in [0.1, 0.15) is 29.8 Å². The van der Waals surface area contributed by atoms with E-state index in [9.17, 15) is 9.59 Å². The van der Waals surface area contributed by atoms with Crippen molar-refractivity contribution in [2.24, 2.45) is 0 Å². The van der Waals surface area contributed by atoms with Crippen LogP contribution in [0.2, 0.25) is 0 Å². The Morgan fingerprint density at radius 3 is 2.63 bits per heavy atom. The topological polar surface area (TPSA) is 85.3 Å². The van der Waals surface area contributed by atoms with Gasteiger partial charge < -0.3 is 15.4 Å². The van der Waals surface area contributed by atoms with E-state index in [-0.39, 0.29) is 11.8 Å². The van der Waals surface area contributed by atoms with Crippen LogP contribution < -0.4 is 15.4 Å². The summed E-state index contributed by atoms with van der Waals surface area (Å²) in [5.41, 5.74) is 2.68. The third kappa shape index (κ3) is 4.20. The molecule has 0 aliphatic carbocycles. The van der Waals surface area contributed by atoms with Gasteiger partial charge in [-0.15, -0.1) is 0 Å². The third-order valence-electron chi connectivity index (χ3n) is 5.17. The molecule has 0 spiro atoms. The fourth-order valence-electron chi connectivity index (χ4n) is 3.52. The minimum atomic E-state index is -0.538. The van der Waals surface area contributed by atoms with Gasteiger partial charge >= 0.3 is 0 Å². The first-order valence-electron chi connectivity index (χ1n) is 10.0. The second-order valence-electron chi connectivity index (χ2n) is 7.20. The number of rotatable bonds is 5. The summed E-state index contributed by atoms with van der Waals surface area (Å²) >= 11 is 0. The first-order chi connectivity index (χ1) is 14.7. The van der Waals surface area contributed by atoms with Gasteiger partial charge in [0.1, 0.15) is 17.5 Å². The number of carbonyl (C=O) groups excluding carboxylic acids is 2. The van der Waals surface area contributed by atoms with E-state index in [2.05, 4.69) is 15.7 Å². The number of hydrogen-bond donors (Lipinski definition) is 2. The van der Waals surface area contributed by atoms with Crippen LogP contribution in [0.5, 0.6) is 5.75 Å². The summed E-state index contributed by atoms with van der Waals surface area (Å²) in [5.74, 6) is 0.286. The van der Waals surface area contributed by atoms with Gasteiger partial charge in [-0.25, -0.2) is 4.68 Å². The number of aromatic nitrogens is 2. The maximum atomic E-state index is 13.1. The molecule has 1 aromatic heterocycles. The lowest BCUT2D eigenvalue weighted by Crippen LogP contribution is -2.45. The first kappa shape index (κ1) is 19.7. The normalized spacial score (nSPS) is 16.4. The minimum absolute atomic E-state index is 0.137. The monoisotopic (exact) mass is 404 g/mol. The molecule has 154 valence electrons. The summed E-state index contributed by atoms with van der Waals surface area (Å²) < 4.78 is 6.83. The Morgan fingerprint density at radius 1 is 1.13 bits per heavy atom. The van der Waals surface area contributed by atoms with Crippen LogP contribution in [0.15, 0.2) is 60.7 Å². The van der Waals surface area contributed by atoms with Crippen LogP contribution in [-0.2, 0) is 4.79 Å². The highest BCUT2D eigenvalue weighted by Crippen LogP contribution is 2.24. The molecule has 1 aliphatic rings. The van der Waals surface area contributed by atoms with Gasteiger partial charge in [-0.2, -0.15) is 5.10 Å². The lowest BCUT2D eigenvalue weighted by atomic mass is 10.1. The highest BCUT2D eigenvalue weighted by Gasteiger charge is 2.25. The van der Waals surface area contributed by atoms with Crippen LogP contribution in [-0.4, -0.2) is 41.3 Å². The zero-order chi connectivity index (χ0) is 20.9. The van der Waals surface area contributed by atoms with E-state index in [0.29, 0.717) is 24.4 Å². The molecule has 1 atom stereocenters. The molecule has 4 rings (SSSR count). The number of nitrogens with one attached hydrogen (secondary N) is 2. The smallest absolute Gasteiger partial charge is 0.270 e. The van der Waals surface area contributed by atoms with Crippen LogP contribution in [0.25, 0.3) is 16.9 Å². The van der Waals surface area contributed by atoms with E-state index >= 15 is 0 Å². The summed E-state index contributed by atoms with van der Waals surface area (Å²) in [6.07, 6.45) is 2.43. The summed E-state index contributed by atoms with van der Waals surface area (Å²) in [5, 5.41) is 10.4. The van der Waals surface area contributed by atoms with Crippen molar-refractivity contribution < 1.29 is 14.3 Å². The van der Waals surface area contributed by atoms with Crippen LogP contribution >= 0.6 is 0 Å². The average molecular weight is 404 g/mol. The van der Waals surface area contributed by atoms with E-state index in [1.54, 1.807) is 17.9 Å². The molecule has 0 bridgehead atoms. The van der Waals surface area contributed by atoms with Gasteiger partial charge in [0.05, 0.1) is 18.5 Å². The Kier molecular flexibility index (Phi) is 5.79. The van der Waals surface area contributed by atoms with Gasteiger partial charge in [0.25, 0.3) is 5.91 Å². The maximum absolute atomic E-state index is 13.1. The molecule has 7 nitrogen and oxygen atoms in total. The molecular weight excluding hydrogens is 380 g/mol. The van der Waals surface area contributed by atoms with Gasteiger partial charge in [0, 0.05) is 12.1 Å². The van der Waals surface area contributed by atoms with E-state index in [0.717, 1.165) is 29.8 Å². The fraction of sp³-hybridized carbons (Fsp3) is 0.261. The number of hydrogen-bond acceptors (Lipinski definition) is 4. The predicted octanol–water partition coefficient (Wildman–Crippen LogP) is 2.95. The van der Waals surface area contributed by atoms with Crippen molar-refractivity contribution in [3.63, 3.8) is 0 Å². The van der Waals surface area contributed by atoms with E-state index in [4.69, 9.17) is 4.74 Å². The molecule has 2 aromatic carbocycles. The van der Waals surface area contributed by atoms with Gasteiger partial charge in [0.2, 0.25) is 5.91 Å². The lowest BCUT2D eigenvalue weighted by molar-refractivity contribution is -0.122.